The number of nitrogens with zero attached hydrogens (tertiary/aromatic N) is 3. The number of aromatic amines is 1. The maximum Gasteiger partial charge on any atom is 0.236 e. The zero-order valence-electron chi connectivity index (χ0n) is 7.40. The average Bonchev–Trinajstić information content (AvgIpc) is 2.77. The van der Waals surface area contributed by atoms with Crippen molar-refractivity contribution in [2.24, 2.45) is 10.2 Å². The molecule has 15 heavy (non-hydrogen) atoms. The third-order valence-corrected chi connectivity index (χ3v) is 3.04. The second kappa shape index (κ2) is 4.58. The lowest BCUT2D eigenvalue weighted by molar-refractivity contribution is -0.116. The van der Waals surface area contributed by atoms with Gasteiger partial charge >= 0.3 is 0 Å². The molecule has 0 saturated carbocycles. The summed E-state index contributed by atoms with van der Waals surface area (Å²) in [5.74, 6) is 0.360. The van der Waals surface area contributed by atoms with Crippen LogP contribution in [0.25, 0.3) is 0 Å². The van der Waals surface area contributed by atoms with E-state index >= 15 is 0 Å². The van der Waals surface area contributed by atoms with E-state index in [9.17, 15) is 4.79 Å². The molecule has 0 atom stereocenters. The number of thioether (sulfide) groups is 1. The molecular formula is C7H6BrN5OS. The maximum atomic E-state index is 10.8. The van der Waals surface area contributed by atoms with Gasteiger partial charge in [-0.2, -0.15) is 10.2 Å². The number of H-pyrrole nitrogens is 1. The van der Waals surface area contributed by atoms with Crippen LogP contribution in [-0.4, -0.2) is 33.2 Å². The Bertz CT molecular complexity index is 440. The van der Waals surface area contributed by atoms with Crippen LogP contribution < -0.4 is 5.32 Å². The SMILES string of the molecule is O=C1CS/C(=N/N=C/c2[nH]ncc2Br)N1. The number of hydrogen-bond acceptors (Lipinski definition) is 5. The second-order valence-corrected chi connectivity index (χ2v) is 4.44. The highest BCUT2D eigenvalue weighted by Crippen LogP contribution is 2.11. The van der Waals surface area contributed by atoms with Gasteiger partial charge in [0.25, 0.3) is 0 Å². The number of hydrogen-bond donors (Lipinski definition) is 2. The predicted molar refractivity (Wildman–Crippen MR) is 61.9 cm³/mol. The van der Waals surface area contributed by atoms with Gasteiger partial charge in [0.1, 0.15) is 0 Å². The van der Waals surface area contributed by atoms with Gasteiger partial charge in [0.05, 0.1) is 28.3 Å². The summed E-state index contributed by atoms with van der Waals surface area (Å²) in [5.41, 5.74) is 0.730. The van der Waals surface area contributed by atoms with E-state index in [0.29, 0.717) is 10.9 Å². The van der Waals surface area contributed by atoms with Gasteiger partial charge in [-0.25, -0.2) is 0 Å². The molecule has 0 radical (unpaired) electrons. The summed E-state index contributed by atoms with van der Waals surface area (Å²) < 4.78 is 0.814. The number of aromatic nitrogens is 2. The van der Waals surface area contributed by atoms with Crippen molar-refractivity contribution in [2.45, 2.75) is 0 Å². The van der Waals surface area contributed by atoms with E-state index in [2.05, 4.69) is 41.6 Å². The van der Waals surface area contributed by atoms with E-state index in [1.54, 1.807) is 6.20 Å². The molecule has 8 heteroatoms. The number of amidine groups is 1. The summed E-state index contributed by atoms with van der Waals surface area (Å²) >= 11 is 4.61. The molecule has 2 rings (SSSR count). The molecule has 1 saturated heterocycles. The monoisotopic (exact) mass is 287 g/mol. The largest absolute Gasteiger partial charge is 0.303 e. The molecule has 2 heterocycles. The molecule has 1 aliphatic rings. The first-order valence-corrected chi connectivity index (χ1v) is 5.76. The Morgan fingerprint density at radius 3 is 3.13 bits per heavy atom. The van der Waals surface area contributed by atoms with Crippen molar-refractivity contribution in [2.75, 3.05) is 5.75 Å². The number of carbonyl (C=O) groups excluding carboxylic acids is 1. The molecule has 1 aromatic rings. The predicted octanol–water partition coefficient (Wildman–Crippen LogP) is 0.725. The van der Waals surface area contributed by atoms with Crippen LogP contribution in [0.5, 0.6) is 0 Å². The van der Waals surface area contributed by atoms with Crippen LogP contribution in [-0.2, 0) is 4.79 Å². The fourth-order valence-corrected chi connectivity index (χ4v) is 1.81. The third kappa shape index (κ3) is 2.66. The molecule has 1 amide bonds. The van der Waals surface area contributed by atoms with Gasteiger partial charge in [-0.3, -0.25) is 9.89 Å². The van der Waals surface area contributed by atoms with Gasteiger partial charge in [-0.05, 0) is 15.9 Å². The topological polar surface area (TPSA) is 82.5 Å². The number of rotatable bonds is 2. The van der Waals surface area contributed by atoms with E-state index in [1.807, 2.05) is 0 Å². The molecule has 78 valence electrons. The number of halogens is 1. The first-order valence-electron chi connectivity index (χ1n) is 3.98. The number of nitrogens with one attached hydrogen (secondary N) is 2. The van der Waals surface area contributed by atoms with Gasteiger partial charge in [0.2, 0.25) is 5.91 Å². The molecule has 6 nitrogen and oxygen atoms in total. The second-order valence-electron chi connectivity index (χ2n) is 2.62. The molecule has 0 aromatic carbocycles. The summed E-state index contributed by atoms with van der Waals surface area (Å²) in [4.78, 5) is 10.8. The molecule has 1 aromatic heterocycles. The molecule has 0 spiro atoms. The van der Waals surface area contributed by atoms with Crippen molar-refractivity contribution >= 4 is 45.0 Å². The Labute approximate surface area is 97.7 Å². The van der Waals surface area contributed by atoms with Crippen LogP contribution in [0, 0.1) is 0 Å². The van der Waals surface area contributed by atoms with Gasteiger partial charge in [0, 0.05) is 0 Å². The van der Waals surface area contributed by atoms with Crippen molar-refractivity contribution in [3.8, 4) is 0 Å². The minimum atomic E-state index is -0.0447. The van der Waals surface area contributed by atoms with Crippen molar-refractivity contribution in [3.63, 3.8) is 0 Å². The van der Waals surface area contributed by atoms with Crippen LogP contribution in [0.2, 0.25) is 0 Å². The highest BCUT2D eigenvalue weighted by Gasteiger charge is 2.15. The molecular weight excluding hydrogens is 282 g/mol. The van der Waals surface area contributed by atoms with Crippen LogP contribution in [0.15, 0.2) is 20.9 Å². The van der Waals surface area contributed by atoms with Crippen LogP contribution in [0.3, 0.4) is 0 Å². The minimum Gasteiger partial charge on any atom is -0.303 e. The molecule has 1 fully saturated rings. The van der Waals surface area contributed by atoms with Gasteiger partial charge in [-0.1, -0.05) is 11.8 Å². The summed E-state index contributed by atoms with van der Waals surface area (Å²) in [6.45, 7) is 0. The smallest absolute Gasteiger partial charge is 0.236 e. The fourth-order valence-electron chi connectivity index (χ4n) is 0.890. The lowest BCUT2D eigenvalue weighted by Gasteiger charge is -1.89. The standard InChI is InChI=1S/C7H6BrN5OS/c8-4-1-9-12-5(4)2-10-13-7-11-6(14)3-15-7/h1-2H,3H2,(H,9,12)(H,11,13,14)/b10-2+. The third-order valence-electron chi connectivity index (χ3n) is 1.54. The fraction of sp³-hybridized carbons (Fsp3) is 0.143. The highest BCUT2D eigenvalue weighted by atomic mass is 79.9. The van der Waals surface area contributed by atoms with Gasteiger partial charge < -0.3 is 5.32 Å². The number of amides is 1. The zero-order valence-corrected chi connectivity index (χ0v) is 9.80. The van der Waals surface area contributed by atoms with Crippen LogP contribution >= 0.6 is 27.7 Å². The molecule has 0 unspecified atom stereocenters. The molecule has 0 bridgehead atoms. The van der Waals surface area contributed by atoms with Crippen LogP contribution in [0.4, 0.5) is 0 Å². The summed E-state index contributed by atoms with van der Waals surface area (Å²) in [5, 5.41) is 17.3. The Balaban J connectivity index is 2.01. The number of carbonyl (C=O) groups is 1. The first-order chi connectivity index (χ1) is 7.25. The first kappa shape index (κ1) is 10.4. The van der Waals surface area contributed by atoms with Crippen molar-refractivity contribution in [1.82, 2.24) is 15.5 Å². The lowest BCUT2D eigenvalue weighted by Crippen LogP contribution is -2.19. The normalized spacial score (nSPS) is 19.0. The summed E-state index contributed by atoms with van der Waals surface area (Å²) in [7, 11) is 0. The Kier molecular flexibility index (Phi) is 3.17. The minimum absolute atomic E-state index is 0.0447. The van der Waals surface area contributed by atoms with E-state index in [1.165, 1.54) is 18.0 Å². The molecule has 1 aliphatic heterocycles. The van der Waals surface area contributed by atoms with Crippen LogP contribution in [0.1, 0.15) is 5.69 Å². The van der Waals surface area contributed by atoms with E-state index in [0.717, 1.165) is 10.2 Å². The van der Waals surface area contributed by atoms with E-state index in [-0.39, 0.29) is 5.91 Å². The van der Waals surface area contributed by atoms with E-state index in [4.69, 9.17) is 0 Å². The summed E-state index contributed by atoms with van der Waals surface area (Å²) in [6.07, 6.45) is 3.15. The van der Waals surface area contributed by atoms with Gasteiger partial charge in [0.15, 0.2) is 5.17 Å². The van der Waals surface area contributed by atoms with Crippen molar-refractivity contribution in [3.05, 3.63) is 16.4 Å². The zero-order chi connectivity index (χ0) is 10.7. The Morgan fingerprint density at radius 2 is 2.53 bits per heavy atom. The summed E-state index contributed by atoms with van der Waals surface area (Å²) in [6, 6.07) is 0. The quantitative estimate of drug-likeness (QED) is 0.621. The molecule has 0 aliphatic carbocycles. The van der Waals surface area contributed by atoms with Gasteiger partial charge in [-0.15, -0.1) is 5.10 Å². The Morgan fingerprint density at radius 1 is 1.67 bits per heavy atom. The Hall–Kier alpha value is -1.15. The highest BCUT2D eigenvalue weighted by molar-refractivity contribution is 9.10. The van der Waals surface area contributed by atoms with Crippen molar-refractivity contribution in [1.29, 1.82) is 0 Å². The average molecular weight is 288 g/mol. The van der Waals surface area contributed by atoms with E-state index < -0.39 is 0 Å². The molecule has 2 N–H and O–H groups in total. The van der Waals surface area contributed by atoms with Crippen molar-refractivity contribution < 1.29 is 4.79 Å². The lowest BCUT2D eigenvalue weighted by atomic mass is 10.5. The maximum absolute atomic E-state index is 10.8.